The van der Waals surface area contributed by atoms with Crippen LogP contribution in [0.5, 0.6) is 0 Å². The summed E-state index contributed by atoms with van der Waals surface area (Å²) >= 11 is 0. The first-order chi connectivity index (χ1) is 7.40. The van der Waals surface area contributed by atoms with Gasteiger partial charge in [0.25, 0.3) is 0 Å². The van der Waals surface area contributed by atoms with Gasteiger partial charge in [-0.1, -0.05) is 29.8 Å². The van der Waals surface area contributed by atoms with E-state index in [1.807, 2.05) is 31.2 Å². The zero-order chi connectivity index (χ0) is 12.2. The fraction of sp³-hybridized carbons (Fsp3) is 0.455. The Bertz CT molecular complexity index is 443. The molecular formula is C11H18N2O2S. The lowest BCUT2D eigenvalue weighted by atomic mass is 10.1. The second kappa shape index (κ2) is 5.43. The summed E-state index contributed by atoms with van der Waals surface area (Å²) in [6, 6.07) is 7.73. The molecule has 16 heavy (non-hydrogen) atoms. The Morgan fingerprint density at radius 1 is 1.44 bits per heavy atom. The fourth-order valence-electron chi connectivity index (χ4n) is 1.66. The van der Waals surface area contributed by atoms with E-state index in [1.165, 1.54) is 6.26 Å². The Balaban J connectivity index is 2.70. The molecule has 1 unspecified atom stereocenters. The lowest BCUT2D eigenvalue weighted by Crippen LogP contribution is -2.41. The average Bonchev–Trinajstić information content (AvgIpc) is 2.14. The second-order valence-electron chi connectivity index (χ2n) is 4.15. The van der Waals surface area contributed by atoms with Gasteiger partial charge in [0.05, 0.1) is 5.75 Å². The third kappa shape index (κ3) is 4.74. The first-order valence-corrected chi connectivity index (χ1v) is 7.16. The normalized spacial score (nSPS) is 13.7. The number of aryl methyl sites for hydroxylation is 1. The summed E-state index contributed by atoms with van der Waals surface area (Å²) in [5, 5.41) is 0. The minimum atomic E-state index is -3.01. The van der Waals surface area contributed by atoms with Crippen LogP contribution in [0.2, 0.25) is 0 Å². The largest absolute Gasteiger partial charge is 0.271 e. The molecule has 0 fully saturated rings. The Hall–Kier alpha value is -0.910. The van der Waals surface area contributed by atoms with Gasteiger partial charge in [-0.15, -0.1) is 0 Å². The summed E-state index contributed by atoms with van der Waals surface area (Å²) in [6.45, 7) is 2.00. The maximum atomic E-state index is 11.2. The van der Waals surface area contributed by atoms with E-state index in [0.717, 1.165) is 11.1 Å². The predicted octanol–water partition coefficient (Wildman–Crippen LogP) is 0.414. The van der Waals surface area contributed by atoms with Crippen LogP contribution in [0.4, 0.5) is 0 Å². The van der Waals surface area contributed by atoms with Crippen molar-refractivity contribution in [2.24, 2.45) is 5.84 Å². The number of benzene rings is 1. The maximum Gasteiger partial charge on any atom is 0.149 e. The van der Waals surface area contributed by atoms with E-state index in [9.17, 15) is 8.42 Å². The Morgan fingerprint density at radius 3 is 2.62 bits per heavy atom. The van der Waals surface area contributed by atoms with Gasteiger partial charge in [0.2, 0.25) is 0 Å². The highest BCUT2D eigenvalue weighted by atomic mass is 32.2. The maximum absolute atomic E-state index is 11.2. The summed E-state index contributed by atoms with van der Waals surface area (Å²) < 4.78 is 22.3. The van der Waals surface area contributed by atoms with Crippen molar-refractivity contribution in [2.45, 2.75) is 19.4 Å². The molecule has 1 aromatic carbocycles. The molecule has 5 heteroatoms. The zero-order valence-corrected chi connectivity index (χ0v) is 10.4. The number of nitrogens with one attached hydrogen (secondary N) is 1. The van der Waals surface area contributed by atoms with Gasteiger partial charge >= 0.3 is 0 Å². The Labute approximate surface area is 96.7 Å². The summed E-state index contributed by atoms with van der Waals surface area (Å²) in [5.41, 5.74) is 4.80. The van der Waals surface area contributed by atoms with Gasteiger partial charge in [0, 0.05) is 12.3 Å². The smallest absolute Gasteiger partial charge is 0.149 e. The standard InChI is InChI=1S/C11H18N2O2S/c1-9-4-3-5-10(6-9)7-11(13-12)8-16(2,14)15/h3-6,11,13H,7-8,12H2,1-2H3. The highest BCUT2D eigenvalue weighted by Crippen LogP contribution is 2.07. The molecule has 0 bridgehead atoms. The minimum Gasteiger partial charge on any atom is -0.271 e. The van der Waals surface area contributed by atoms with Crippen LogP contribution in [-0.2, 0) is 16.3 Å². The van der Waals surface area contributed by atoms with Crippen LogP contribution in [0.25, 0.3) is 0 Å². The number of sulfone groups is 1. The Kier molecular flexibility index (Phi) is 4.46. The molecule has 0 heterocycles. The molecule has 90 valence electrons. The number of hydrogen-bond donors (Lipinski definition) is 2. The molecule has 0 saturated carbocycles. The molecule has 3 N–H and O–H groups in total. The predicted molar refractivity (Wildman–Crippen MR) is 65.7 cm³/mol. The van der Waals surface area contributed by atoms with E-state index < -0.39 is 9.84 Å². The van der Waals surface area contributed by atoms with Crippen molar-refractivity contribution < 1.29 is 8.42 Å². The summed E-state index contributed by atoms with van der Waals surface area (Å²) in [6.07, 6.45) is 1.83. The molecule has 0 aliphatic carbocycles. The molecule has 0 amide bonds. The zero-order valence-electron chi connectivity index (χ0n) is 9.60. The molecule has 0 saturated heterocycles. The SMILES string of the molecule is Cc1cccc(CC(CS(C)(=O)=O)NN)c1. The molecule has 0 spiro atoms. The molecule has 0 aliphatic heterocycles. The van der Waals surface area contributed by atoms with Gasteiger partial charge in [-0.05, 0) is 18.9 Å². The topological polar surface area (TPSA) is 72.2 Å². The molecule has 4 nitrogen and oxygen atoms in total. The van der Waals surface area contributed by atoms with Crippen LogP contribution >= 0.6 is 0 Å². The van der Waals surface area contributed by atoms with Crippen molar-refractivity contribution in [1.82, 2.24) is 5.43 Å². The van der Waals surface area contributed by atoms with Crippen molar-refractivity contribution >= 4 is 9.84 Å². The van der Waals surface area contributed by atoms with E-state index in [4.69, 9.17) is 5.84 Å². The van der Waals surface area contributed by atoms with Gasteiger partial charge in [-0.25, -0.2) is 8.42 Å². The summed E-state index contributed by atoms with van der Waals surface area (Å²) in [4.78, 5) is 0. The molecule has 1 atom stereocenters. The molecule has 0 aliphatic rings. The van der Waals surface area contributed by atoms with E-state index >= 15 is 0 Å². The number of rotatable bonds is 5. The molecular weight excluding hydrogens is 224 g/mol. The van der Waals surface area contributed by atoms with Gasteiger partial charge in [-0.2, -0.15) is 0 Å². The molecule has 1 aromatic rings. The van der Waals surface area contributed by atoms with E-state index in [1.54, 1.807) is 0 Å². The number of hydrogen-bond acceptors (Lipinski definition) is 4. The lowest BCUT2D eigenvalue weighted by molar-refractivity contribution is 0.546. The highest BCUT2D eigenvalue weighted by molar-refractivity contribution is 7.90. The van der Waals surface area contributed by atoms with Crippen LogP contribution in [0, 0.1) is 6.92 Å². The van der Waals surface area contributed by atoms with Crippen LogP contribution < -0.4 is 11.3 Å². The summed E-state index contributed by atoms with van der Waals surface area (Å²) in [7, 11) is -3.01. The van der Waals surface area contributed by atoms with Crippen LogP contribution in [0.1, 0.15) is 11.1 Å². The van der Waals surface area contributed by atoms with Crippen LogP contribution in [0.15, 0.2) is 24.3 Å². The van der Waals surface area contributed by atoms with E-state index in [2.05, 4.69) is 5.43 Å². The molecule has 0 aromatic heterocycles. The first-order valence-electron chi connectivity index (χ1n) is 5.10. The van der Waals surface area contributed by atoms with Crippen LogP contribution in [-0.4, -0.2) is 26.5 Å². The van der Waals surface area contributed by atoms with E-state index in [-0.39, 0.29) is 11.8 Å². The van der Waals surface area contributed by atoms with Gasteiger partial charge in [0.15, 0.2) is 0 Å². The lowest BCUT2D eigenvalue weighted by Gasteiger charge is -2.14. The highest BCUT2D eigenvalue weighted by Gasteiger charge is 2.14. The third-order valence-electron chi connectivity index (χ3n) is 2.30. The van der Waals surface area contributed by atoms with Crippen molar-refractivity contribution in [3.05, 3.63) is 35.4 Å². The first kappa shape index (κ1) is 13.2. The van der Waals surface area contributed by atoms with Gasteiger partial charge in [0.1, 0.15) is 9.84 Å². The fourth-order valence-corrected chi connectivity index (χ4v) is 2.60. The quantitative estimate of drug-likeness (QED) is 0.579. The van der Waals surface area contributed by atoms with Gasteiger partial charge in [-0.3, -0.25) is 11.3 Å². The van der Waals surface area contributed by atoms with Crippen molar-refractivity contribution in [3.63, 3.8) is 0 Å². The van der Waals surface area contributed by atoms with Crippen molar-refractivity contribution in [3.8, 4) is 0 Å². The third-order valence-corrected chi connectivity index (χ3v) is 3.31. The van der Waals surface area contributed by atoms with E-state index in [0.29, 0.717) is 6.42 Å². The molecule has 1 rings (SSSR count). The van der Waals surface area contributed by atoms with Crippen LogP contribution in [0.3, 0.4) is 0 Å². The molecule has 0 radical (unpaired) electrons. The number of nitrogens with two attached hydrogens (primary N) is 1. The monoisotopic (exact) mass is 242 g/mol. The van der Waals surface area contributed by atoms with Crippen molar-refractivity contribution in [2.75, 3.05) is 12.0 Å². The number of hydrazine groups is 1. The second-order valence-corrected chi connectivity index (χ2v) is 6.33. The summed E-state index contributed by atoms with van der Waals surface area (Å²) in [5.74, 6) is 5.40. The van der Waals surface area contributed by atoms with Crippen molar-refractivity contribution in [1.29, 1.82) is 0 Å². The minimum absolute atomic E-state index is 0.0530. The average molecular weight is 242 g/mol. The Morgan fingerprint density at radius 2 is 2.12 bits per heavy atom. The van der Waals surface area contributed by atoms with Gasteiger partial charge < -0.3 is 0 Å².